The maximum atomic E-state index is 9.15. The number of phenols is 1. The molecule has 1 aromatic heterocycles. The van der Waals surface area contributed by atoms with E-state index in [1.165, 1.54) is 23.3 Å². The largest absolute Gasteiger partial charge is 0.508 e. The molecule has 0 atom stereocenters. The first-order valence-corrected chi connectivity index (χ1v) is 7.26. The van der Waals surface area contributed by atoms with E-state index in [0.29, 0.717) is 15.6 Å². The van der Waals surface area contributed by atoms with E-state index in [0.717, 1.165) is 5.56 Å². The van der Waals surface area contributed by atoms with Gasteiger partial charge in [-0.1, -0.05) is 0 Å². The molecule has 96 valence electrons. The lowest BCUT2D eigenvalue weighted by Gasteiger charge is -1.96. The van der Waals surface area contributed by atoms with E-state index in [2.05, 4.69) is 21.0 Å². The van der Waals surface area contributed by atoms with Gasteiger partial charge in [0.05, 0.1) is 6.21 Å². The average molecular weight is 290 g/mol. The minimum atomic E-state index is 0.212. The SMILES string of the molecule is CSc1nsc(N/N=C\c2ccc(O)cc2)c1C#N. The Balaban J connectivity index is 2.08. The number of benzene rings is 1. The molecule has 0 bridgehead atoms. The summed E-state index contributed by atoms with van der Waals surface area (Å²) in [5.41, 5.74) is 4.17. The molecule has 19 heavy (non-hydrogen) atoms. The number of nitrogens with one attached hydrogen (secondary N) is 1. The molecule has 2 rings (SSSR count). The van der Waals surface area contributed by atoms with Gasteiger partial charge in [0, 0.05) is 0 Å². The highest BCUT2D eigenvalue weighted by molar-refractivity contribution is 7.98. The molecule has 0 aliphatic heterocycles. The Kier molecular flexibility index (Phi) is 4.39. The average Bonchev–Trinajstić information content (AvgIpc) is 2.83. The second kappa shape index (κ2) is 6.22. The number of nitriles is 1. The number of anilines is 1. The monoisotopic (exact) mass is 290 g/mol. The number of thioether (sulfide) groups is 1. The second-order valence-corrected chi connectivity index (χ2v) is 5.04. The lowest BCUT2D eigenvalue weighted by atomic mass is 10.2. The van der Waals surface area contributed by atoms with E-state index >= 15 is 0 Å². The number of hydrogen-bond donors (Lipinski definition) is 2. The molecule has 0 saturated carbocycles. The standard InChI is InChI=1S/C12H10N4OS2/c1-18-12-10(6-13)11(19-16-12)15-14-7-8-2-4-9(17)5-3-8/h2-5,7,15,17H,1H3/b14-7-. The Morgan fingerprint density at radius 3 is 2.84 bits per heavy atom. The van der Waals surface area contributed by atoms with Gasteiger partial charge in [0.15, 0.2) is 0 Å². The molecule has 1 aromatic carbocycles. The van der Waals surface area contributed by atoms with Crippen molar-refractivity contribution < 1.29 is 5.11 Å². The van der Waals surface area contributed by atoms with E-state index < -0.39 is 0 Å². The summed E-state index contributed by atoms with van der Waals surface area (Å²) in [7, 11) is 0. The van der Waals surface area contributed by atoms with Crippen LogP contribution in [0, 0.1) is 11.3 Å². The van der Waals surface area contributed by atoms with Gasteiger partial charge in [-0.3, -0.25) is 5.43 Å². The summed E-state index contributed by atoms with van der Waals surface area (Å²) < 4.78 is 4.16. The van der Waals surface area contributed by atoms with E-state index in [4.69, 9.17) is 10.4 Å². The molecule has 0 spiro atoms. The zero-order chi connectivity index (χ0) is 13.7. The lowest BCUT2D eigenvalue weighted by Crippen LogP contribution is -1.90. The van der Waals surface area contributed by atoms with Gasteiger partial charge in [-0.25, -0.2) is 0 Å². The van der Waals surface area contributed by atoms with Crippen LogP contribution in [0.4, 0.5) is 5.00 Å². The first-order valence-electron chi connectivity index (χ1n) is 5.26. The molecule has 0 unspecified atom stereocenters. The van der Waals surface area contributed by atoms with Gasteiger partial charge < -0.3 is 5.11 Å². The molecule has 0 fully saturated rings. The van der Waals surface area contributed by atoms with Crippen molar-refractivity contribution in [1.82, 2.24) is 4.37 Å². The van der Waals surface area contributed by atoms with E-state index in [9.17, 15) is 0 Å². The van der Waals surface area contributed by atoms with Crippen LogP contribution >= 0.6 is 23.3 Å². The number of hydrazone groups is 1. The summed E-state index contributed by atoms with van der Waals surface area (Å²) in [5, 5.41) is 23.6. The maximum absolute atomic E-state index is 9.15. The number of aromatic nitrogens is 1. The quantitative estimate of drug-likeness (QED) is 0.514. The van der Waals surface area contributed by atoms with Crippen molar-refractivity contribution >= 4 is 34.5 Å². The summed E-state index contributed by atoms with van der Waals surface area (Å²) in [5.74, 6) is 0.212. The van der Waals surface area contributed by atoms with E-state index in [-0.39, 0.29) is 5.75 Å². The molecule has 0 aliphatic carbocycles. The molecule has 0 radical (unpaired) electrons. The lowest BCUT2D eigenvalue weighted by molar-refractivity contribution is 0.475. The van der Waals surface area contributed by atoms with Crippen molar-refractivity contribution in [2.45, 2.75) is 5.03 Å². The number of rotatable bonds is 4. The minimum Gasteiger partial charge on any atom is -0.508 e. The first kappa shape index (κ1) is 13.4. The Morgan fingerprint density at radius 2 is 2.21 bits per heavy atom. The summed E-state index contributed by atoms with van der Waals surface area (Å²) in [4.78, 5) is 0. The van der Waals surface area contributed by atoms with Crippen LogP contribution in [0.1, 0.15) is 11.1 Å². The van der Waals surface area contributed by atoms with Crippen molar-refractivity contribution in [2.75, 3.05) is 11.7 Å². The normalized spacial score (nSPS) is 10.5. The van der Waals surface area contributed by atoms with Gasteiger partial charge >= 0.3 is 0 Å². The molecule has 5 nitrogen and oxygen atoms in total. The van der Waals surface area contributed by atoms with E-state index in [1.807, 2.05) is 6.26 Å². The van der Waals surface area contributed by atoms with Crippen molar-refractivity contribution in [3.05, 3.63) is 35.4 Å². The third-order valence-corrected chi connectivity index (χ3v) is 3.79. The van der Waals surface area contributed by atoms with Crippen molar-refractivity contribution in [3.8, 4) is 11.8 Å². The van der Waals surface area contributed by atoms with Crippen LogP contribution in [0.25, 0.3) is 0 Å². The Morgan fingerprint density at radius 1 is 1.47 bits per heavy atom. The van der Waals surface area contributed by atoms with E-state index in [1.54, 1.807) is 30.5 Å². The smallest absolute Gasteiger partial charge is 0.148 e. The van der Waals surface area contributed by atoms with Crippen LogP contribution in [0.2, 0.25) is 0 Å². The fraction of sp³-hybridized carbons (Fsp3) is 0.0833. The van der Waals surface area contributed by atoms with Crippen LogP contribution in [0.5, 0.6) is 5.75 Å². The Bertz CT molecular complexity index is 628. The molecule has 0 saturated heterocycles. The highest BCUT2D eigenvalue weighted by Gasteiger charge is 2.11. The van der Waals surface area contributed by atoms with Gasteiger partial charge in [-0.15, -0.1) is 11.8 Å². The van der Waals surface area contributed by atoms with Crippen molar-refractivity contribution in [1.29, 1.82) is 5.26 Å². The summed E-state index contributed by atoms with van der Waals surface area (Å²) >= 11 is 2.63. The van der Waals surface area contributed by atoms with Crippen LogP contribution in [-0.4, -0.2) is 22.0 Å². The maximum Gasteiger partial charge on any atom is 0.148 e. The number of hydrogen-bond acceptors (Lipinski definition) is 7. The highest BCUT2D eigenvalue weighted by Crippen LogP contribution is 2.29. The number of nitrogens with zero attached hydrogens (tertiary/aromatic N) is 3. The van der Waals surface area contributed by atoms with Crippen LogP contribution in [0.3, 0.4) is 0 Å². The Hall–Kier alpha value is -2.04. The van der Waals surface area contributed by atoms with Crippen molar-refractivity contribution in [2.24, 2.45) is 5.10 Å². The van der Waals surface area contributed by atoms with Gasteiger partial charge in [0.2, 0.25) is 0 Å². The predicted molar refractivity (Wildman–Crippen MR) is 77.9 cm³/mol. The molecule has 0 aliphatic rings. The molecular weight excluding hydrogens is 280 g/mol. The predicted octanol–water partition coefficient (Wildman–Crippen LogP) is 2.89. The molecule has 2 N–H and O–H groups in total. The van der Waals surface area contributed by atoms with Gasteiger partial charge in [-0.2, -0.15) is 14.7 Å². The topological polar surface area (TPSA) is 81.3 Å². The molecular formula is C12H10N4OS2. The van der Waals surface area contributed by atoms with Crippen LogP contribution in [-0.2, 0) is 0 Å². The second-order valence-electron chi connectivity index (χ2n) is 3.47. The fourth-order valence-electron chi connectivity index (χ4n) is 1.32. The molecule has 7 heteroatoms. The zero-order valence-corrected chi connectivity index (χ0v) is 11.6. The first-order chi connectivity index (χ1) is 9.24. The zero-order valence-electron chi connectivity index (χ0n) is 9.99. The minimum absolute atomic E-state index is 0.212. The molecule has 2 aromatic rings. The van der Waals surface area contributed by atoms with Gasteiger partial charge in [-0.05, 0) is 47.6 Å². The third kappa shape index (κ3) is 3.24. The molecule has 0 amide bonds. The summed E-state index contributed by atoms with van der Waals surface area (Å²) in [6.45, 7) is 0. The molecule has 1 heterocycles. The van der Waals surface area contributed by atoms with Crippen molar-refractivity contribution in [3.63, 3.8) is 0 Å². The Labute approximate surface area is 118 Å². The highest BCUT2D eigenvalue weighted by atomic mass is 32.2. The van der Waals surface area contributed by atoms with Gasteiger partial charge in [0.25, 0.3) is 0 Å². The summed E-state index contributed by atoms with van der Waals surface area (Å²) in [6.07, 6.45) is 3.48. The van der Waals surface area contributed by atoms with Gasteiger partial charge in [0.1, 0.15) is 27.4 Å². The number of aromatic hydroxyl groups is 1. The third-order valence-electron chi connectivity index (χ3n) is 2.24. The summed E-state index contributed by atoms with van der Waals surface area (Å²) in [6, 6.07) is 8.76. The van der Waals surface area contributed by atoms with Crippen LogP contribution < -0.4 is 5.43 Å². The fourth-order valence-corrected chi connectivity index (χ4v) is 2.73. The number of phenolic OH excluding ortho intramolecular Hbond substituents is 1. The van der Waals surface area contributed by atoms with Crippen LogP contribution in [0.15, 0.2) is 34.4 Å².